The number of amides is 2. The van der Waals surface area contributed by atoms with E-state index in [1.807, 2.05) is 0 Å². The number of anilines is 1. The number of carboxylic acid groups (broad SMARTS) is 2. The maximum Gasteiger partial charge on any atom is 0.352 e. The lowest BCUT2D eigenvalue weighted by Gasteiger charge is -2.49. The number of carboxylic acids is 2. The van der Waals surface area contributed by atoms with Crippen LogP contribution in [0.2, 0.25) is 0 Å². The van der Waals surface area contributed by atoms with E-state index in [-0.39, 0.29) is 39.8 Å². The lowest BCUT2D eigenvalue weighted by Crippen LogP contribution is -2.70. The Balaban J connectivity index is 1.54. The number of nitrogens with one attached hydrogen (secondary N) is 1. The zero-order chi connectivity index (χ0) is 25.4. The number of hydrogen-bond acceptors (Lipinski definition) is 9. The second-order valence-electron chi connectivity index (χ2n) is 7.55. The average molecular weight is 537 g/mol. The van der Waals surface area contributed by atoms with Gasteiger partial charge in [0, 0.05) is 16.7 Å². The largest absolute Gasteiger partial charge is 0.507 e. The van der Waals surface area contributed by atoms with Crippen molar-refractivity contribution in [2.75, 3.05) is 11.5 Å². The SMILES string of the molecule is Nc1nc(/C(=C/Cl)C(=O)N[C@@H]2C(=O)N3C(C(=O)O)=C(Cc4ccc(O)c(C(=O)O)c4)CS[C@@H]23)cs1. The molecule has 1 saturated heterocycles. The first-order valence-electron chi connectivity index (χ1n) is 9.90. The Hall–Kier alpha value is -3.55. The molecule has 11 nitrogen and oxygen atoms in total. The smallest absolute Gasteiger partial charge is 0.352 e. The fourth-order valence-corrected chi connectivity index (χ4v) is 5.90. The number of halogens is 1. The summed E-state index contributed by atoms with van der Waals surface area (Å²) >= 11 is 8.17. The number of nitrogens with zero attached hydrogens (tertiary/aromatic N) is 2. The minimum atomic E-state index is -1.32. The molecular weight excluding hydrogens is 520 g/mol. The third-order valence-corrected chi connectivity index (χ3v) is 7.63. The number of thioether (sulfide) groups is 1. The summed E-state index contributed by atoms with van der Waals surface area (Å²) in [5.74, 6) is -4.08. The van der Waals surface area contributed by atoms with Gasteiger partial charge in [-0.25, -0.2) is 14.6 Å². The number of aromatic hydroxyl groups is 1. The van der Waals surface area contributed by atoms with Crippen molar-refractivity contribution < 1.29 is 34.5 Å². The van der Waals surface area contributed by atoms with Crippen LogP contribution in [-0.2, 0) is 20.8 Å². The lowest BCUT2D eigenvalue weighted by molar-refractivity contribution is -0.150. The average Bonchev–Trinajstić information content (AvgIpc) is 3.24. The summed E-state index contributed by atoms with van der Waals surface area (Å²) in [6.45, 7) is 0. The molecule has 1 aromatic carbocycles. The summed E-state index contributed by atoms with van der Waals surface area (Å²) in [5, 5.41) is 32.5. The topological polar surface area (TPSA) is 183 Å². The number of aliphatic carboxylic acids is 1. The van der Waals surface area contributed by atoms with Crippen LogP contribution in [0, 0.1) is 0 Å². The quantitative estimate of drug-likeness (QED) is 0.258. The number of rotatable bonds is 7. The van der Waals surface area contributed by atoms with Gasteiger partial charge in [-0.3, -0.25) is 14.5 Å². The van der Waals surface area contributed by atoms with E-state index in [0.717, 1.165) is 21.8 Å². The van der Waals surface area contributed by atoms with Crippen LogP contribution in [0.1, 0.15) is 21.6 Å². The highest BCUT2D eigenvalue weighted by Crippen LogP contribution is 2.41. The molecule has 1 aromatic heterocycles. The maximum absolute atomic E-state index is 12.9. The number of aromatic nitrogens is 1. The Morgan fingerprint density at radius 2 is 2.03 bits per heavy atom. The molecule has 0 unspecified atom stereocenters. The van der Waals surface area contributed by atoms with Crippen molar-refractivity contribution >= 4 is 69.2 Å². The predicted molar refractivity (Wildman–Crippen MR) is 129 cm³/mol. The molecule has 182 valence electrons. The van der Waals surface area contributed by atoms with Gasteiger partial charge in [0.25, 0.3) is 11.8 Å². The Labute approximate surface area is 210 Å². The number of nitrogens with two attached hydrogens (primary N) is 1. The van der Waals surface area contributed by atoms with Gasteiger partial charge in [-0.15, -0.1) is 23.1 Å². The van der Waals surface area contributed by atoms with Gasteiger partial charge in [0.05, 0.1) is 11.3 Å². The van der Waals surface area contributed by atoms with Gasteiger partial charge in [-0.1, -0.05) is 17.7 Å². The number of fused-ring (bicyclic) bond motifs is 1. The van der Waals surface area contributed by atoms with Gasteiger partial charge in [0.15, 0.2) is 5.13 Å². The molecule has 1 fully saturated rings. The molecule has 0 bridgehead atoms. The summed E-state index contributed by atoms with van der Waals surface area (Å²) in [5.41, 5.74) is 7.24. The highest BCUT2D eigenvalue weighted by molar-refractivity contribution is 8.00. The van der Waals surface area contributed by atoms with E-state index in [2.05, 4.69) is 10.3 Å². The summed E-state index contributed by atoms with van der Waals surface area (Å²) in [7, 11) is 0. The molecule has 2 aliphatic rings. The highest BCUT2D eigenvalue weighted by Gasteiger charge is 2.54. The monoisotopic (exact) mass is 536 g/mol. The molecule has 2 atom stereocenters. The summed E-state index contributed by atoms with van der Waals surface area (Å²) in [6, 6.07) is 2.99. The first kappa shape index (κ1) is 24.6. The number of β-lactam (4-membered cyclic amide) rings is 1. The summed E-state index contributed by atoms with van der Waals surface area (Å²) in [4.78, 5) is 54.1. The van der Waals surface area contributed by atoms with Crippen LogP contribution in [0.25, 0.3) is 5.57 Å². The number of benzene rings is 1. The number of carbonyl (C=O) groups excluding carboxylic acids is 2. The zero-order valence-corrected chi connectivity index (χ0v) is 20.0. The van der Waals surface area contributed by atoms with Crippen molar-refractivity contribution in [1.29, 1.82) is 0 Å². The Bertz CT molecular complexity index is 1320. The van der Waals surface area contributed by atoms with Crippen LogP contribution in [-0.4, -0.2) is 66.1 Å². The van der Waals surface area contributed by atoms with E-state index in [1.165, 1.54) is 30.0 Å². The number of carbonyl (C=O) groups is 4. The van der Waals surface area contributed by atoms with E-state index in [1.54, 1.807) is 5.38 Å². The molecule has 2 aromatic rings. The Kier molecular flexibility index (Phi) is 6.74. The van der Waals surface area contributed by atoms with E-state index < -0.39 is 40.9 Å². The number of aromatic carboxylic acids is 1. The van der Waals surface area contributed by atoms with E-state index in [0.29, 0.717) is 11.1 Å². The highest BCUT2D eigenvalue weighted by atomic mass is 35.5. The first-order valence-corrected chi connectivity index (χ1v) is 12.3. The van der Waals surface area contributed by atoms with Crippen molar-refractivity contribution in [2.45, 2.75) is 17.8 Å². The number of phenols is 1. The van der Waals surface area contributed by atoms with Crippen LogP contribution in [0.5, 0.6) is 5.75 Å². The minimum absolute atomic E-state index is 0.0166. The molecule has 2 amide bonds. The molecule has 2 aliphatic heterocycles. The van der Waals surface area contributed by atoms with Crippen molar-refractivity contribution in [1.82, 2.24) is 15.2 Å². The molecule has 0 aliphatic carbocycles. The van der Waals surface area contributed by atoms with Crippen LogP contribution in [0.3, 0.4) is 0 Å². The second kappa shape index (κ2) is 9.60. The molecule has 0 spiro atoms. The van der Waals surface area contributed by atoms with Gasteiger partial charge in [-0.2, -0.15) is 0 Å². The number of hydrogen-bond donors (Lipinski definition) is 5. The molecule has 0 radical (unpaired) electrons. The molecule has 6 N–H and O–H groups in total. The van der Waals surface area contributed by atoms with Gasteiger partial charge in [0.1, 0.15) is 28.4 Å². The van der Waals surface area contributed by atoms with Crippen LogP contribution >= 0.6 is 34.7 Å². The fraction of sp³-hybridized carbons (Fsp3) is 0.190. The summed E-state index contributed by atoms with van der Waals surface area (Å²) in [6.07, 6.45) is 0.0626. The summed E-state index contributed by atoms with van der Waals surface area (Å²) < 4.78 is 0. The molecule has 4 rings (SSSR count). The van der Waals surface area contributed by atoms with Crippen molar-refractivity contribution in [2.24, 2.45) is 0 Å². The van der Waals surface area contributed by atoms with Gasteiger partial charge < -0.3 is 26.4 Å². The number of thiazole rings is 1. The van der Waals surface area contributed by atoms with Crippen molar-refractivity contribution in [3.05, 3.63) is 57.2 Å². The van der Waals surface area contributed by atoms with E-state index in [9.17, 15) is 34.5 Å². The fourth-order valence-electron chi connectivity index (χ4n) is 3.78. The molecule has 3 heterocycles. The zero-order valence-electron chi connectivity index (χ0n) is 17.6. The molecule has 14 heteroatoms. The molecular formula is C21H17ClN4O7S2. The van der Waals surface area contributed by atoms with Crippen LogP contribution in [0.15, 0.2) is 40.4 Å². The predicted octanol–water partition coefficient (Wildman–Crippen LogP) is 1.69. The van der Waals surface area contributed by atoms with Crippen LogP contribution in [0.4, 0.5) is 5.13 Å². The lowest BCUT2D eigenvalue weighted by atomic mass is 9.97. The van der Waals surface area contributed by atoms with Gasteiger partial charge >= 0.3 is 11.9 Å². The number of nitrogen functional groups attached to an aromatic ring is 1. The van der Waals surface area contributed by atoms with Gasteiger partial charge in [0.2, 0.25) is 0 Å². The second-order valence-corrected chi connectivity index (χ2v) is 9.76. The Morgan fingerprint density at radius 1 is 1.29 bits per heavy atom. The minimum Gasteiger partial charge on any atom is -0.507 e. The Morgan fingerprint density at radius 3 is 2.63 bits per heavy atom. The normalized spacial score (nSPS) is 19.7. The van der Waals surface area contributed by atoms with E-state index >= 15 is 0 Å². The third kappa shape index (κ3) is 4.57. The van der Waals surface area contributed by atoms with Crippen LogP contribution < -0.4 is 11.1 Å². The molecule has 35 heavy (non-hydrogen) atoms. The van der Waals surface area contributed by atoms with Gasteiger partial charge in [-0.05, 0) is 29.7 Å². The van der Waals surface area contributed by atoms with E-state index in [4.69, 9.17) is 17.3 Å². The van der Waals surface area contributed by atoms with Crippen molar-refractivity contribution in [3.8, 4) is 5.75 Å². The third-order valence-electron chi connectivity index (χ3n) is 5.40. The standard InChI is InChI=1S/C21H17ClN4O7S2/c22-5-11(12-7-35-21(23)24-12)16(28)25-14-17(29)26-15(20(32)33)9(6-34-18(14)26)3-8-1-2-13(27)10(4-8)19(30)31/h1-2,4-5,7,14,18,27H,3,6H2,(H2,23,24)(H,25,28)(H,30,31)(H,32,33)/b11-5-/t14-,18+/m1/s1. The molecule has 0 saturated carbocycles. The first-order chi connectivity index (χ1) is 16.6. The van der Waals surface area contributed by atoms with Crippen molar-refractivity contribution in [3.63, 3.8) is 0 Å². The maximum atomic E-state index is 12.9.